The van der Waals surface area contributed by atoms with Gasteiger partial charge < -0.3 is 15.6 Å². The third-order valence-electron chi connectivity index (χ3n) is 2.84. The number of halogens is 3. The van der Waals surface area contributed by atoms with Crippen LogP contribution in [0, 0.1) is 0 Å². The highest BCUT2D eigenvalue weighted by molar-refractivity contribution is 5.99. The van der Waals surface area contributed by atoms with Gasteiger partial charge in [-0.1, -0.05) is 0 Å². The maximum atomic E-state index is 12.6. The lowest BCUT2D eigenvalue weighted by Crippen LogP contribution is -2.28. The highest BCUT2D eigenvalue weighted by Crippen LogP contribution is 2.31. The van der Waals surface area contributed by atoms with E-state index < -0.39 is 17.6 Å². The minimum atomic E-state index is -4.51. The van der Waals surface area contributed by atoms with E-state index in [0.717, 1.165) is 18.2 Å². The average molecular weight is 298 g/mol. The molecule has 0 aliphatic carbocycles. The van der Waals surface area contributed by atoms with Crippen molar-refractivity contribution in [3.63, 3.8) is 0 Å². The molecule has 112 valence electrons. The third kappa shape index (κ3) is 3.74. The number of carbonyl (C=O) groups is 1. The summed E-state index contributed by atoms with van der Waals surface area (Å²) >= 11 is 0. The summed E-state index contributed by atoms with van der Waals surface area (Å²) in [6.07, 6.45) is 0.363. The SMILES string of the molecule is Nc1ccc(C(F)(F)F)cc1C(=O)NCCn1ccnc1. The topological polar surface area (TPSA) is 72.9 Å². The van der Waals surface area contributed by atoms with E-state index in [1.807, 2.05) is 0 Å². The summed E-state index contributed by atoms with van der Waals surface area (Å²) < 4.78 is 39.6. The van der Waals surface area contributed by atoms with Crippen molar-refractivity contribution in [1.82, 2.24) is 14.9 Å². The van der Waals surface area contributed by atoms with Crippen molar-refractivity contribution in [3.8, 4) is 0 Å². The summed E-state index contributed by atoms with van der Waals surface area (Å²) in [5, 5.41) is 2.52. The number of nitrogens with zero attached hydrogens (tertiary/aromatic N) is 2. The second kappa shape index (κ2) is 5.86. The van der Waals surface area contributed by atoms with Gasteiger partial charge in [-0.15, -0.1) is 0 Å². The fourth-order valence-electron chi connectivity index (χ4n) is 1.74. The molecule has 1 aromatic heterocycles. The van der Waals surface area contributed by atoms with Crippen molar-refractivity contribution in [2.24, 2.45) is 0 Å². The molecule has 0 atom stereocenters. The highest BCUT2D eigenvalue weighted by atomic mass is 19.4. The number of nitrogen functional groups attached to an aromatic ring is 1. The van der Waals surface area contributed by atoms with Crippen LogP contribution in [0.15, 0.2) is 36.9 Å². The number of hydrogen-bond acceptors (Lipinski definition) is 3. The monoisotopic (exact) mass is 298 g/mol. The molecule has 0 unspecified atom stereocenters. The summed E-state index contributed by atoms with van der Waals surface area (Å²) in [5.41, 5.74) is 4.47. The Morgan fingerprint density at radius 2 is 2.14 bits per heavy atom. The number of nitrogens with one attached hydrogen (secondary N) is 1. The fraction of sp³-hybridized carbons (Fsp3) is 0.231. The first-order valence-electron chi connectivity index (χ1n) is 6.08. The highest BCUT2D eigenvalue weighted by Gasteiger charge is 2.31. The molecule has 8 heteroatoms. The van der Waals surface area contributed by atoms with Gasteiger partial charge in [0, 0.05) is 31.2 Å². The molecule has 1 heterocycles. The van der Waals surface area contributed by atoms with Crippen LogP contribution in [0.25, 0.3) is 0 Å². The van der Waals surface area contributed by atoms with Gasteiger partial charge in [-0.05, 0) is 18.2 Å². The number of carbonyl (C=O) groups excluding carboxylic acids is 1. The Bertz CT molecular complexity index is 623. The number of benzene rings is 1. The van der Waals surface area contributed by atoms with Gasteiger partial charge >= 0.3 is 6.18 Å². The average Bonchev–Trinajstić information content (AvgIpc) is 2.91. The van der Waals surface area contributed by atoms with E-state index in [1.54, 1.807) is 23.3 Å². The predicted octanol–water partition coefficient (Wildman–Crippen LogP) is 1.91. The zero-order valence-corrected chi connectivity index (χ0v) is 10.9. The van der Waals surface area contributed by atoms with E-state index in [-0.39, 0.29) is 17.8 Å². The summed E-state index contributed by atoms with van der Waals surface area (Å²) in [5.74, 6) is -0.640. The van der Waals surface area contributed by atoms with Crippen LogP contribution in [0.1, 0.15) is 15.9 Å². The van der Waals surface area contributed by atoms with Crippen LogP contribution < -0.4 is 11.1 Å². The molecule has 2 aromatic rings. The Morgan fingerprint density at radius 1 is 1.38 bits per heavy atom. The molecule has 0 bridgehead atoms. The molecule has 5 nitrogen and oxygen atoms in total. The van der Waals surface area contributed by atoms with Gasteiger partial charge in [-0.2, -0.15) is 13.2 Å². The molecule has 0 saturated carbocycles. The van der Waals surface area contributed by atoms with Crippen LogP contribution in [-0.2, 0) is 12.7 Å². The third-order valence-corrected chi connectivity index (χ3v) is 2.84. The van der Waals surface area contributed by atoms with E-state index in [0.29, 0.717) is 6.54 Å². The maximum Gasteiger partial charge on any atom is 0.416 e. The molecule has 1 amide bonds. The van der Waals surface area contributed by atoms with Crippen molar-refractivity contribution in [2.75, 3.05) is 12.3 Å². The number of aromatic nitrogens is 2. The Morgan fingerprint density at radius 3 is 2.76 bits per heavy atom. The van der Waals surface area contributed by atoms with Gasteiger partial charge in [0.05, 0.1) is 17.5 Å². The fourth-order valence-corrected chi connectivity index (χ4v) is 1.74. The van der Waals surface area contributed by atoms with Crippen LogP contribution in [0.2, 0.25) is 0 Å². The Labute approximate surface area is 118 Å². The molecule has 1 aromatic carbocycles. The molecule has 0 fully saturated rings. The molecule has 0 saturated heterocycles. The van der Waals surface area contributed by atoms with Crippen LogP contribution in [-0.4, -0.2) is 22.0 Å². The van der Waals surface area contributed by atoms with Crippen LogP contribution in [0.3, 0.4) is 0 Å². The molecule has 3 N–H and O–H groups in total. The molecule has 2 rings (SSSR count). The van der Waals surface area contributed by atoms with E-state index in [2.05, 4.69) is 10.3 Å². The summed E-state index contributed by atoms with van der Waals surface area (Å²) in [4.78, 5) is 15.7. The zero-order valence-electron chi connectivity index (χ0n) is 10.9. The van der Waals surface area contributed by atoms with Gasteiger partial charge in [-0.3, -0.25) is 4.79 Å². The zero-order chi connectivity index (χ0) is 15.5. The second-order valence-electron chi connectivity index (χ2n) is 4.36. The molecule has 21 heavy (non-hydrogen) atoms. The number of hydrogen-bond donors (Lipinski definition) is 2. The Kier molecular flexibility index (Phi) is 4.15. The summed E-state index contributed by atoms with van der Waals surface area (Å²) in [6, 6.07) is 2.67. The molecular weight excluding hydrogens is 285 g/mol. The van der Waals surface area contributed by atoms with Gasteiger partial charge in [-0.25, -0.2) is 4.98 Å². The van der Waals surface area contributed by atoms with Gasteiger partial charge in [0.15, 0.2) is 0 Å². The summed E-state index contributed by atoms with van der Waals surface area (Å²) in [7, 11) is 0. The largest absolute Gasteiger partial charge is 0.416 e. The maximum absolute atomic E-state index is 12.6. The van der Waals surface area contributed by atoms with E-state index >= 15 is 0 Å². The lowest BCUT2D eigenvalue weighted by atomic mass is 10.1. The number of nitrogens with two attached hydrogens (primary N) is 1. The molecule has 0 aliphatic rings. The lowest BCUT2D eigenvalue weighted by Gasteiger charge is -2.11. The first kappa shape index (κ1) is 14.9. The van der Waals surface area contributed by atoms with E-state index in [9.17, 15) is 18.0 Å². The van der Waals surface area contributed by atoms with Gasteiger partial charge in [0.25, 0.3) is 5.91 Å². The van der Waals surface area contributed by atoms with E-state index in [1.165, 1.54) is 0 Å². The van der Waals surface area contributed by atoms with Crippen molar-refractivity contribution in [1.29, 1.82) is 0 Å². The lowest BCUT2D eigenvalue weighted by molar-refractivity contribution is -0.137. The number of rotatable bonds is 4. The second-order valence-corrected chi connectivity index (χ2v) is 4.36. The Balaban J connectivity index is 2.04. The molecule has 0 spiro atoms. The number of alkyl halides is 3. The van der Waals surface area contributed by atoms with Gasteiger partial charge in [0.2, 0.25) is 0 Å². The van der Waals surface area contributed by atoms with Crippen molar-refractivity contribution >= 4 is 11.6 Å². The Hall–Kier alpha value is -2.51. The van der Waals surface area contributed by atoms with Crippen molar-refractivity contribution < 1.29 is 18.0 Å². The molecule has 0 radical (unpaired) electrons. The number of imidazole rings is 1. The normalized spacial score (nSPS) is 11.4. The van der Waals surface area contributed by atoms with Crippen LogP contribution >= 0.6 is 0 Å². The minimum absolute atomic E-state index is 0.00290. The standard InChI is InChI=1S/C13H13F3N4O/c14-13(15,16)9-1-2-11(17)10(7-9)12(21)19-4-6-20-5-3-18-8-20/h1-3,5,7-8H,4,6,17H2,(H,19,21). The van der Waals surface area contributed by atoms with Crippen molar-refractivity contribution in [3.05, 3.63) is 48.0 Å². The quantitative estimate of drug-likeness (QED) is 0.847. The summed E-state index contributed by atoms with van der Waals surface area (Å²) in [6.45, 7) is 0.718. The number of amides is 1. The first-order chi connectivity index (χ1) is 9.88. The smallest absolute Gasteiger partial charge is 0.398 e. The minimum Gasteiger partial charge on any atom is -0.398 e. The van der Waals surface area contributed by atoms with Crippen molar-refractivity contribution in [2.45, 2.75) is 12.7 Å². The molecule has 0 aliphatic heterocycles. The van der Waals surface area contributed by atoms with Crippen LogP contribution in [0.4, 0.5) is 18.9 Å². The van der Waals surface area contributed by atoms with E-state index in [4.69, 9.17) is 5.73 Å². The first-order valence-corrected chi connectivity index (χ1v) is 6.08. The predicted molar refractivity (Wildman–Crippen MR) is 70.4 cm³/mol. The molecular formula is C13H13F3N4O. The van der Waals surface area contributed by atoms with Gasteiger partial charge in [0.1, 0.15) is 0 Å². The number of anilines is 1. The van der Waals surface area contributed by atoms with Crippen LogP contribution in [0.5, 0.6) is 0 Å².